The molecular formula is C11H11F2N3O3. The first-order valence-electron chi connectivity index (χ1n) is 5.29. The van der Waals surface area contributed by atoms with Crippen molar-refractivity contribution < 1.29 is 23.1 Å². The number of alkyl halides is 2. The number of phenols is 1. The molecule has 3 N–H and O–H groups in total. The number of aromatic nitrogens is 2. The quantitative estimate of drug-likeness (QED) is 0.881. The van der Waals surface area contributed by atoms with Crippen LogP contribution in [0.5, 0.6) is 11.5 Å². The van der Waals surface area contributed by atoms with Crippen LogP contribution in [0, 0.1) is 0 Å². The Kier molecular flexibility index (Phi) is 3.61. The Bertz CT molecular complexity index is 587. The van der Waals surface area contributed by atoms with Crippen molar-refractivity contribution in [3.63, 3.8) is 0 Å². The number of benzene rings is 1. The summed E-state index contributed by atoms with van der Waals surface area (Å²) >= 11 is 0. The van der Waals surface area contributed by atoms with Crippen LogP contribution in [0.4, 0.5) is 8.78 Å². The number of phenolic OH excluding ortho intramolecular Hbond substituents is 1. The first kappa shape index (κ1) is 13.2. The number of nitrogens with two attached hydrogens (primary N) is 1. The van der Waals surface area contributed by atoms with Gasteiger partial charge in [0.25, 0.3) is 6.43 Å². The minimum absolute atomic E-state index is 0.00176. The Hall–Kier alpha value is -2.22. The Morgan fingerprint density at radius 1 is 1.47 bits per heavy atom. The Labute approximate surface area is 106 Å². The topological polar surface area (TPSA) is 94.4 Å². The lowest BCUT2D eigenvalue weighted by Gasteiger charge is -2.09. The number of aromatic hydroxyl groups is 1. The van der Waals surface area contributed by atoms with Gasteiger partial charge in [-0.05, 0) is 12.1 Å². The predicted octanol–water partition coefficient (Wildman–Crippen LogP) is 1.85. The van der Waals surface area contributed by atoms with Crippen LogP contribution >= 0.6 is 0 Å². The fourth-order valence-electron chi connectivity index (χ4n) is 1.53. The van der Waals surface area contributed by atoms with E-state index in [-0.39, 0.29) is 29.6 Å². The van der Waals surface area contributed by atoms with E-state index >= 15 is 0 Å². The van der Waals surface area contributed by atoms with Gasteiger partial charge >= 0.3 is 0 Å². The number of ether oxygens (including phenoxy) is 1. The zero-order chi connectivity index (χ0) is 14.0. The summed E-state index contributed by atoms with van der Waals surface area (Å²) in [6.07, 6.45) is -2.85. The maximum Gasteiger partial charge on any atom is 0.267 e. The summed E-state index contributed by atoms with van der Waals surface area (Å²) in [5, 5.41) is 13.4. The molecule has 0 saturated carbocycles. The molecule has 1 heterocycles. The van der Waals surface area contributed by atoms with Gasteiger partial charge in [0, 0.05) is 0 Å². The van der Waals surface area contributed by atoms with Gasteiger partial charge in [0.05, 0.1) is 24.8 Å². The van der Waals surface area contributed by atoms with Crippen LogP contribution in [0.2, 0.25) is 0 Å². The lowest BCUT2D eigenvalue weighted by Crippen LogP contribution is -1.96. The molecule has 8 heteroatoms. The van der Waals surface area contributed by atoms with Crippen LogP contribution in [0.15, 0.2) is 16.7 Å². The molecule has 0 aliphatic heterocycles. The second-order valence-electron chi connectivity index (χ2n) is 3.63. The summed E-state index contributed by atoms with van der Waals surface area (Å²) in [5.74, 6) is -0.350. The van der Waals surface area contributed by atoms with Gasteiger partial charge in [-0.15, -0.1) is 0 Å². The van der Waals surface area contributed by atoms with Crippen molar-refractivity contribution in [3.8, 4) is 22.9 Å². The van der Waals surface area contributed by atoms with Crippen molar-refractivity contribution in [2.75, 3.05) is 7.11 Å². The van der Waals surface area contributed by atoms with E-state index in [2.05, 4.69) is 10.1 Å². The van der Waals surface area contributed by atoms with Gasteiger partial charge < -0.3 is 20.1 Å². The van der Waals surface area contributed by atoms with Gasteiger partial charge in [-0.2, -0.15) is 4.98 Å². The van der Waals surface area contributed by atoms with Crippen LogP contribution in [0.3, 0.4) is 0 Å². The third-order valence-corrected chi connectivity index (χ3v) is 2.47. The molecule has 1 aromatic carbocycles. The number of nitrogens with zero attached hydrogens (tertiary/aromatic N) is 2. The first-order valence-corrected chi connectivity index (χ1v) is 5.29. The molecule has 0 bridgehead atoms. The molecule has 0 aliphatic carbocycles. The van der Waals surface area contributed by atoms with Gasteiger partial charge in [-0.3, -0.25) is 0 Å². The van der Waals surface area contributed by atoms with E-state index in [0.717, 1.165) is 6.07 Å². The molecule has 0 unspecified atom stereocenters. The summed E-state index contributed by atoms with van der Waals surface area (Å²) in [6.45, 7) is 0.0133. The van der Waals surface area contributed by atoms with Crippen LogP contribution in [-0.2, 0) is 6.54 Å². The Balaban J connectivity index is 2.58. The lowest BCUT2D eigenvalue weighted by molar-refractivity contribution is 0.147. The molecule has 1 aromatic heterocycles. The number of methoxy groups -OCH3 is 1. The van der Waals surface area contributed by atoms with E-state index in [0.29, 0.717) is 0 Å². The Morgan fingerprint density at radius 3 is 2.74 bits per heavy atom. The molecule has 2 aromatic rings. The highest BCUT2D eigenvalue weighted by Crippen LogP contribution is 2.39. The highest BCUT2D eigenvalue weighted by molar-refractivity contribution is 5.68. The number of halogens is 2. The maximum absolute atomic E-state index is 12.8. The second-order valence-corrected chi connectivity index (χ2v) is 3.63. The van der Waals surface area contributed by atoms with E-state index in [1.54, 1.807) is 0 Å². The van der Waals surface area contributed by atoms with Crippen molar-refractivity contribution in [1.82, 2.24) is 10.1 Å². The monoisotopic (exact) mass is 271 g/mol. The minimum atomic E-state index is -2.85. The minimum Gasteiger partial charge on any atom is -0.507 e. The van der Waals surface area contributed by atoms with E-state index in [1.165, 1.54) is 13.2 Å². The van der Waals surface area contributed by atoms with Crippen LogP contribution in [-0.4, -0.2) is 22.4 Å². The molecule has 0 atom stereocenters. The average Bonchev–Trinajstić information content (AvgIpc) is 2.87. The zero-order valence-corrected chi connectivity index (χ0v) is 9.93. The zero-order valence-electron chi connectivity index (χ0n) is 9.93. The lowest BCUT2D eigenvalue weighted by atomic mass is 10.1. The van der Waals surface area contributed by atoms with Crippen LogP contribution < -0.4 is 10.5 Å². The van der Waals surface area contributed by atoms with Crippen LogP contribution in [0.25, 0.3) is 11.4 Å². The second kappa shape index (κ2) is 5.19. The van der Waals surface area contributed by atoms with Crippen molar-refractivity contribution in [2.45, 2.75) is 13.0 Å². The largest absolute Gasteiger partial charge is 0.507 e. The molecule has 2 rings (SSSR count). The fraction of sp³-hybridized carbons (Fsp3) is 0.273. The van der Waals surface area contributed by atoms with Crippen molar-refractivity contribution in [3.05, 3.63) is 23.6 Å². The first-order chi connectivity index (χ1) is 9.06. The summed E-state index contributed by atoms with van der Waals surface area (Å²) < 4.78 is 35.3. The predicted molar refractivity (Wildman–Crippen MR) is 60.8 cm³/mol. The smallest absolute Gasteiger partial charge is 0.267 e. The molecule has 0 aliphatic rings. The molecule has 0 saturated heterocycles. The third-order valence-electron chi connectivity index (χ3n) is 2.47. The summed E-state index contributed by atoms with van der Waals surface area (Å²) in [6, 6.07) is 2.39. The molecule has 0 amide bonds. The summed E-state index contributed by atoms with van der Waals surface area (Å²) in [5.41, 5.74) is 4.75. The average molecular weight is 271 g/mol. The van der Waals surface area contributed by atoms with Crippen molar-refractivity contribution >= 4 is 0 Å². The van der Waals surface area contributed by atoms with E-state index in [1.807, 2.05) is 0 Å². The van der Waals surface area contributed by atoms with Gasteiger partial charge in [-0.25, -0.2) is 8.78 Å². The number of hydrogen-bond donors (Lipinski definition) is 2. The molecule has 19 heavy (non-hydrogen) atoms. The summed E-state index contributed by atoms with van der Waals surface area (Å²) in [7, 11) is 1.33. The highest BCUT2D eigenvalue weighted by atomic mass is 19.3. The maximum atomic E-state index is 12.8. The van der Waals surface area contributed by atoms with Gasteiger partial charge in [0.15, 0.2) is 0 Å². The third kappa shape index (κ3) is 2.48. The van der Waals surface area contributed by atoms with Crippen molar-refractivity contribution in [2.24, 2.45) is 5.73 Å². The van der Waals surface area contributed by atoms with Crippen LogP contribution in [0.1, 0.15) is 17.9 Å². The highest BCUT2D eigenvalue weighted by Gasteiger charge is 2.21. The van der Waals surface area contributed by atoms with Crippen molar-refractivity contribution in [1.29, 1.82) is 0 Å². The SMILES string of the molecule is COc1cc(-c2noc(CN)n2)c(O)c(C(F)F)c1. The molecule has 6 nitrogen and oxygen atoms in total. The molecule has 0 fully saturated rings. The summed E-state index contributed by atoms with van der Waals surface area (Å²) in [4.78, 5) is 3.87. The van der Waals surface area contributed by atoms with Gasteiger partial charge in [-0.1, -0.05) is 5.16 Å². The van der Waals surface area contributed by atoms with E-state index in [4.69, 9.17) is 15.0 Å². The standard InChI is InChI=1S/C11H11F2N3O3/c1-18-5-2-6(10(12)13)9(17)7(3-5)11-15-8(4-14)19-16-11/h2-3,10,17H,4,14H2,1H3. The molecular weight excluding hydrogens is 260 g/mol. The molecule has 102 valence electrons. The fourth-order valence-corrected chi connectivity index (χ4v) is 1.53. The molecule has 0 radical (unpaired) electrons. The molecule has 0 spiro atoms. The van der Waals surface area contributed by atoms with Gasteiger partial charge in [0.1, 0.15) is 11.5 Å². The van der Waals surface area contributed by atoms with E-state index < -0.39 is 17.7 Å². The van der Waals surface area contributed by atoms with Gasteiger partial charge in [0.2, 0.25) is 11.7 Å². The normalized spacial score (nSPS) is 11.0. The number of rotatable bonds is 4. The number of hydrogen-bond acceptors (Lipinski definition) is 6. The Morgan fingerprint density at radius 2 is 2.21 bits per heavy atom. The van der Waals surface area contributed by atoms with E-state index in [9.17, 15) is 13.9 Å².